The maximum Gasteiger partial charge on any atom is 0.239 e. The van der Waals surface area contributed by atoms with E-state index >= 15 is 0 Å². The summed E-state index contributed by atoms with van der Waals surface area (Å²) in [6.07, 6.45) is 0.210. The molecule has 1 N–H and O–H groups in total. The number of phenols is 1. The van der Waals surface area contributed by atoms with Crippen molar-refractivity contribution in [2.45, 2.75) is 20.3 Å². The molecule has 1 aliphatic rings. The van der Waals surface area contributed by atoms with E-state index in [1.165, 1.54) is 12.1 Å². The van der Waals surface area contributed by atoms with E-state index < -0.39 is 5.41 Å². The van der Waals surface area contributed by atoms with Gasteiger partial charge in [-0.2, -0.15) is 0 Å². The number of amides is 2. The molecule has 1 fully saturated rings. The van der Waals surface area contributed by atoms with E-state index in [-0.39, 0.29) is 24.0 Å². The molecule has 0 atom stereocenters. The van der Waals surface area contributed by atoms with Crippen molar-refractivity contribution in [2.24, 2.45) is 5.41 Å². The average molecular weight is 219 g/mol. The summed E-state index contributed by atoms with van der Waals surface area (Å²) in [6, 6.07) is 6.16. The molecule has 1 aromatic carbocycles. The quantitative estimate of drug-likeness (QED) is 0.731. The molecule has 0 spiro atoms. The minimum Gasteiger partial charge on any atom is -0.508 e. The third-order valence-electron chi connectivity index (χ3n) is 2.71. The molecule has 0 unspecified atom stereocenters. The van der Waals surface area contributed by atoms with Gasteiger partial charge in [0.25, 0.3) is 0 Å². The number of hydrogen-bond donors (Lipinski definition) is 1. The lowest BCUT2D eigenvalue weighted by atomic mass is 9.92. The summed E-state index contributed by atoms with van der Waals surface area (Å²) in [5.74, 6) is -0.397. The van der Waals surface area contributed by atoms with E-state index in [9.17, 15) is 14.7 Å². The van der Waals surface area contributed by atoms with E-state index in [1.807, 2.05) is 0 Å². The van der Waals surface area contributed by atoms with Gasteiger partial charge in [-0.25, -0.2) is 4.90 Å². The highest BCUT2D eigenvalue weighted by Gasteiger charge is 2.45. The molecule has 16 heavy (non-hydrogen) atoms. The van der Waals surface area contributed by atoms with Crippen LogP contribution in [0.5, 0.6) is 5.75 Å². The zero-order valence-electron chi connectivity index (χ0n) is 9.23. The first-order valence-corrected chi connectivity index (χ1v) is 5.08. The molecule has 1 saturated heterocycles. The first-order valence-electron chi connectivity index (χ1n) is 5.08. The van der Waals surface area contributed by atoms with Crippen LogP contribution in [0.3, 0.4) is 0 Å². The SMILES string of the molecule is CC1(C)CC(=O)N(c2cccc(O)c2)C1=O. The smallest absolute Gasteiger partial charge is 0.239 e. The average Bonchev–Trinajstić information content (AvgIpc) is 2.36. The molecule has 1 heterocycles. The van der Waals surface area contributed by atoms with Crippen LogP contribution in [0.1, 0.15) is 20.3 Å². The second-order valence-corrected chi connectivity index (χ2v) is 4.61. The van der Waals surface area contributed by atoms with Gasteiger partial charge in [-0.15, -0.1) is 0 Å². The number of carbonyl (C=O) groups is 2. The first-order chi connectivity index (χ1) is 7.42. The summed E-state index contributed by atoms with van der Waals surface area (Å²) in [5, 5.41) is 9.33. The fraction of sp³-hybridized carbons (Fsp3) is 0.333. The normalized spacial score (nSPS) is 19.2. The Morgan fingerprint density at radius 3 is 2.50 bits per heavy atom. The predicted octanol–water partition coefficient (Wildman–Crippen LogP) is 1.68. The number of aromatic hydroxyl groups is 1. The van der Waals surface area contributed by atoms with Crippen molar-refractivity contribution >= 4 is 17.5 Å². The third-order valence-corrected chi connectivity index (χ3v) is 2.71. The summed E-state index contributed by atoms with van der Waals surface area (Å²) < 4.78 is 0. The topological polar surface area (TPSA) is 57.6 Å². The first kappa shape index (κ1) is 10.7. The summed E-state index contributed by atoms with van der Waals surface area (Å²) >= 11 is 0. The second-order valence-electron chi connectivity index (χ2n) is 4.61. The standard InChI is InChI=1S/C12H13NO3/c1-12(2)7-10(15)13(11(12)16)8-4-3-5-9(14)6-8/h3-6,14H,7H2,1-2H3. The second kappa shape index (κ2) is 3.33. The third kappa shape index (κ3) is 1.56. The highest BCUT2D eigenvalue weighted by molar-refractivity contribution is 6.22. The molecule has 2 amide bonds. The number of benzene rings is 1. The van der Waals surface area contributed by atoms with Crippen molar-refractivity contribution in [1.82, 2.24) is 0 Å². The minimum atomic E-state index is -0.650. The lowest BCUT2D eigenvalue weighted by Crippen LogP contribution is -2.32. The Bertz CT molecular complexity index is 465. The Morgan fingerprint density at radius 2 is 2.00 bits per heavy atom. The molecule has 4 heteroatoms. The number of phenolic OH excluding ortho intramolecular Hbond substituents is 1. The van der Waals surface area contributed by atoms with E-state index in [4.69, 9.17) is 0 Å². The Kier molecular flexibility index (Phi) is 2.22. The Hall–Kier alpha value is -1.84. The lowest BCUT2D eigenvalue weighted by molar-refractivity contribution is -0.124. The maximum atomic E-state index is 12.0. The monoisotopic (exact) mass is 219 g/mol. The Balaban J connectivity index is 2.43. The highest BCUT2D eigenvalue weighted by atomic mass is 16.3. The van der Waals surface area contributed by atoms with E-state index in [2.05, 4.69) is 0 Å². The summed E-state index contributed by atoms with van der Waals surface area (Å²) in [7, 11) is 0. The number of rotatable bonds is 1. The van der Waals surface area contributed by atoms with Crippen LogP contribution in [0.2, 0.25) is 0 Å². The molecule has 0 radical (unpaired) electrons. The number of nitrogens with zero attached hydrogens (tertiary/aromatic N) is 1. The van der Waals surface area contributed by atoms with Crippen LogP contribution in [0, 0.1) is 5.41 Å². The van der Waals surface area contributed by atoms with Gasteiger partial charge in [0.1, 0.15) is 5.75 Å². The van der Waals surface area contributed by atoms with Crippen molar-refractivity contribution in [2.75, 3.05) is 4.90 Å². The van der Waals surface area contributed by atoms with Gasteiger partial charge >= 0.3 is 0 Å². The lowest BCUT2D eigenvalue weighted by Gasteiger charge is -2.17. The largest absolute Gasteiger partial charge is 0.508 e. The van der Waals surface area contributed by atoms with Gasteiger partial charge in [0.15, 0.2) is 0 Å². The van der Waals surface area contributed by atoms with Crippen LogP contribution in [-0.2, 0) is 9.59 Å². The van der Waals surface area contributed by atoms with Crippen molar-refractivity contribution in [3.05, 3.63) is 24.3 Å². The Morgan fingerprint density at radius 1 is 1.31 bits per heavy atom. The van der Waals surface area contributed by atoms with Gasteiger partial charge in [-0.1, -0.05) is 19.9 Å². The van der Waals surface area contributed by atoms with Crippen LogP contribution in [0.4, 0.5) is 5.69 Å². The van der Waals surface area contributed by atoms with Gasteiger partial charge in [0.05, 0.1) is 11.1 Å². The molecule has 4 nitrogen and oxygen atoms in total. The molecule has 1 aromatic rings. The van der Waals surface area contributed by atoms with Crippen molar-refractivity contribution in [3.8, 4) is 5.75 Å². The molecular formula is C12H13NO3. The van der Waals surface area contributed by atoms with Crippen molar-refractivity contribution in [1.29, 1.82) is 0 Å². The Labute approximate surface area is 93.5 Å². The van der Waals surface area contributed by atoms with Crippen LogP contribution in [0.25, 0.3) is 0 Å². The molecular weight excluding hydrogens is 206 g/mol. The van der Waals surface area contributed by atoms with Gasteiger partial charge < -0.3 is 5.11 Å². The van der Waals surface area contributed by atoms with Crippen LogP contribution < -0.4 is 4.90 Å². The fourth-order valence-electron chi connectivity index (χ4n) is 1.84. The zero-order chi connectivity index (χ0) is 11.9. The van der Waals surface area contributed by atoms with E-state index in [0.29, 0.717) is 5.69 Å². The number of anilines is 1. The number of hydrogen-bond acceptors (Lipinski definition) is 3. The molecule has 84 valence electrons. The summed E-state index contributed by atoms with van der Waals surface area (Å²) in [6.45, 7) is 3.49. The van der Waals surface area contributed by atoms with E-state index in [1.54, 1.807) is 26.0 Å². The van der Waals surface area contributed by atoms with Crippen LogP contribution in [-0.4, -0.2) is 16.9 Å². The van der Waals surface area contributed by atoms with Gasteiger partial charge in [0.2, 0.25) is 11.8 Å². The fourth-order valence-corrected chi connectivity index (χ4v) is 1.84. The minimum absolute atomic E-state index is 0.0443. The molecule has 0 aromatic heterocycles. The van der Waals surface area contributed by atoms with Crippen molar-refractivity contribution < 1.29 is 14.7 Å². The zero-order valence-corrected chi connectivity index (χ0v) is 9.23. The number of carbonyl (C=O) groups excluding carboxylic acids is 2. The van der Waals surface area contributed by atoms with E-state index in [0.717, 1.165) is 4.90 Å². The number of imide groups is 1. The molecule has 2 rings (SSSR count). The highest BCUT2D eigenvalue weighted by Crippen LogP contribution is 2.35. The van der Waals surface area contributed by atoms with Gasteiger partial charge in [0, 0.05) is 12.5 Å². The molecule has 0 bridgehead atoms. The van der Waals surface area contributed by atoms with Gasteiger partial charge in [-0.05, 0) is 12.1 Å². The molecule has 0 saturated carbocycles. The molecule has 1 aliphatic heterocycles. The predicted molar refractivity (Wildman–Crippen MR) is 59.0 cm³/mol. The molecule has 0 aliphatic carbocycles. The maximum absolute atomic E-state index is 12.0. The van der Waals surface area contributed by atoms with Crippen LogP contribution >= 0.6 is 0 Å². The summed E-state index contributed by atoms with van der Waals surface area (Å²) in [4.78, 5) is 24.8. The summed E-state index contributed by atoms with van der Waals surface area (Å²) in [5.41, 5.74) is -0.219. The van der Waals surface area contributed by atoms with Crippen LogP contribution in [0.15, 0.2) is 24.3 Å². The van der Waals surface area contributed by atoms with Crippen molar-refractivity contribution in [3.63, 3.8) is 0 Å². The van der Waals surface area contributed by atoms with Gasteiger partial charge in [-0.3, -0.25) is 9.59 Å².